The van der Waals surface area contributed by atoms with Crippen LogP contribution in [0.25, 0.3) is 0 Å². The van der Waals surface area contributed by atoms with E-state index in [-0.39, 0.29) is 5.54 Å². The summed E-state index contributed by atoms with van der Waals surface area (Å²) < 4.78 is 0.850. The predicted molar refractivity (Wildman–Crippen MR) is 50.1 cm³/mol. The van der Waals surface area contributed by atoms with Gasteiger partial charge in [0.05, 0.1) is 19.1 Å². The quantitative estimate of drug-likeness (QED) is 0.441. The standard InChI is InChI=1S/C8H18NS/c1-6-9(5,7-10)8(2,3)4/h7H,6H2,1-5H3/q+1. The van der Waals surface area contributed by atoms with Gasteiger partial charge in [-0.3, -0.25) is 4.48 Å². The monoisotopic (exact) mass is 160 g/mol. The summed E-state index contributed by atoms with van der Waals surface area (Å²) in [5.74, 6) is 0. The molecule has 0 spiro atoms. The lowest BCUT2D eigenvalue weighted by molar-refractivity contribution is -0.860. The highest BCUT2D eigenvalue weighted by Crippen LogP contribution is 2.18. The van der Waals surface area contributed by atoms with Crippen molar-refractivity contribution in [2.24, 2.45) is 0 Å². The summed E-state index contributed by atoms with van der Waals surface area (Å²) in [4.78, 5) is 0. The third-order valence-corrected chi connectivity index (χ3v) is 2.89. The number of nitrogens with zero attached hydrogens (tertiary/aromatic N) is 1. The van der Waals surface area contributed by atoms with Gasteiger partial charge in [0.15, 0.2) is 5.49 Å². The first-order valence-electron chi connectivity index (χ1n) is 3.69. The molecule has 0 aliphatic carbocycles. The van der Waals surface area contributed by atoms with Crippen molar-refractivity contribution in [2.45, 2.75) is 33.2 Å². The molecule has 0 aliphatic heterocycles. The lowest BCUT2D eigenvalue weighted by Crippen LogP contribution is -2.55. The zero-order valence-electron chi connectivity index (χ0n) is 7.64. The van der Waals surface area contributed by atoms with Crippen LogP contribution in [-0.4, -0.2) is 29.1 Å². The minimum absolute atomic E-state index is 0.233. The fourth-order valence-electron chi connectivity index (χ4n) is 0.707. The van der Waals surface area contributed by atoms with Crippen molar-refractivity contribution in [2.75, 3.05) is 13.6 Å². The highest BCUT2D eigenvalue weighted by atomic mass is 32.1. The zero-order chi connectivity index (χ0) is 8.41. The molecule has 1 unspecified atom stereocenters. The molecule has 2 heteroatoms. The molecule has 1 nitrogen and oxygen atoms in total. The Labute approximate surface area is 69.6 Å². The highest BCUT2D eigenvalue weighted by Gasteiger charge is 2.32. The number of rotatable bonds is 2. The number of hydrogen-bond donors (Lipinski definition) is 0. The highest BCUT2D eigenvalue weighted by molar-refractivity contribution is 7.78. The smallest absolute Gasteiger partial charge is 0.161 e. The Morgan fingerprint density at radius 1 is 1.40 bits per heavy atom. The summed E-state index contributed by atoms with van der Waals surface area (Å²) in [5.41, 5.74) is 2.08. The van der Waals surface area contributed by atoms with Crippen molar-refractivity contribution in [1.82, 2.24) is 0 Å². The van der Waals surface area contributed by atoms with E-state index in [1.165, 1.54) is 0 Å². The molecule has 60 valence electrons. The second-order valence-electron chi connectivity index (χ2n) is 3.86. The Hall–Kier alpha value is 0.0500. The molecule has 0 aromatic rings. The van der Waals surface area contributed by atoms with E-state index >= 15 is 0 Å². The van der Waals surface area contributed by atoms with E-state index in [2.05, 4.69) is 34.7 Å². The number of thiocarbonyl (C=S) groups is 1. The van der Waals surface area contributed by atoms with Gasteiger partial charge in [-0.25, -0.2) is 0 Å². The van der Waals surface area contributed by atoms with Crippen molar-refractivity contribution < 1.29 is 4.48 Å². The van der Waals surface area contributed by atoms with Gasteiger partial charge in [0.2, 0.25) is 0 Å². The number of hydrogen-bond acceptors (Lipinski definition) is 1. The molecule has 0 radical (unpaired) electrons. The molecule has 0 aromatic carbocycles. The topological polar surface area (TPSA) is 0 Å². The van der Waals surface area contributed by atoms with Crippen molar-refractivity contribution in [1.29, 1.82) is 0 Å². The molecular weight excluding hydrogens is 142 g/mol. The summed E-state index contributed by atoms with van der Waals surface area (Å²) in [6, 6.07) is 0. The third kappa shape index (κ3) is 1.77. The van der Waals surface area contributed by atoms with Gasteiger partial charge in [0.25, 0.3) is 0 Å². The molecule has 0 saturated heterocycles. The van der Waals surface area contributed by atoms with E-state index in [4.69, 9.17) is 12.2 Å². The van der Waals surface area contributed by atoms with Crippen molar-refractivity contribution in [3.8, 4) is 0 Å². The molecule has 0 aromatic heterocycles. The van der Waals surface area contributed by atoms with E-state index in [0.717, 1.165) is 11.0 Å². The molecule has 0 N–H and O–H groups in total. The summed E-state index contributed by atoms with van der Waals surface area (Å²) >= 11 is 4.98. The van der Waals surface area contributed by atoms with E-state index in [0.29, 0.717) is 0 Å². The fraction of sp³-hybridized carbons (Fsp3) is 0.875. The van der Waals surface area contributed by atoms with Crippen LogP contribution in [0.1, 0.15) is 27.7 Å². The lowest BCUT2D eigenvalue weighted by Gasteiger charge is -2.40. The lowest BCUT2D eigenvalue weighted by atomic mass is 10.0. The molecule has 0 saturated carbocycles. The van der Waals surface area contributed by atoms with Gasteiger partial charge in [0, 0.05) is 0 Å². The second kappa shape index (κ2) is 2.97. The Morgan fingerprint density at radius 2 is 1.80 bits per heavy atom. The van der Waals surface area contributed by atoms with Gasteiger partial charge in [-0.05, 0) is 39.9 Å². The van der Waals surface area contributed by atoms with Gasteiger partial charge < -0.3 is 0 Å². The van der Waals surface area contributed by atoms with Crippen LogP contribution in [0.5, 0.6) is 0 Å². The van der Waals surface area contributed by atoms with E-state index in [1.54, 1.807) is 0 Å². The van der Waals surface area contributed by atoms with E-state index in [1.807, 2.05) is 5.49 Å². The largest absolute Gasteiger partial charge is 0.286 e. The van der Waals surface area contributed by atoms with Crippen LogP contribution in [-0.2, 0) is 0 Å². The van der Waals surface area contributed by atoms with Gasteiger partial charge in [-0.15, -0.1) is 0 Å². The van der Waals surface area contributed by atoms with Gasteiger partial charge in [0.1, 0.15) is 0 Å². The van der Waals surface area contributed by atoms with Crippen molar-refractivity contribution in [3.05, 3.63) is 0 Å². The Balaban J connectivity index is 4.48. The van der Waals surface area contributed by atoms with Gasteiger partial charge in [-0.2, -0.15) is 0 Å². The minimum Gasteiger partial charge on any atom is -0.286 e. The first kappa shape index (κ1) is 10.0. The molecule has 0 fully saturated rings. The van der Waals surface area contributed by atoms with Gasteiger partial charge in [-0.1, -0.05) is 0 Å². The van der Waals surface area contributed by atoms with Gasteiger partial charge >= 0.3 is 0 Å². The first-order chi connectivity index (χ1) is 4.37. The maximum atomic E-state index is 4.98. The third-order valence-electron chi connectivity index (χ3n) is 2.42. The Bertz CT molecular complexity index is 126. The average molecular weight is 160 g/mol. The molecule has 0 amide bonds. The molecule has 0 heterocycles. The van der Waals surface area contributed by atoms with E-state index < -0.39 is 0 Å². The average Bonchev–Trinajstić information content (AvgIpc) is 1.84. The number of quaternary nitrogens is 1. The van der Waals surface area contributed by atoms with Crippen LogP contribution in [0.15, 0.2) is 0 Å². The van der Waals surface area contributed by atoms with Crippen molar-refractivity contribution >= 4 is 17.7 Å². The summed E-state index contributed by atoms with van der Waals surface area (Å²) in [7, 11) is 2.16. The first-order valence-corrected chi connectivity index (χ1v) is 4.16. The maximum absolute atomic E-state index is 4.98. The Morgan fingerprint density at radius 3 is 1.80 bits per heavy atom. The van der Waals surface area contributed by atoms with Crippen LogP contribution < -0.4 is 0 Å². The maximum Gasteiger partial charge on any atom is 0.161 e. The zero-order valence-corrected chi connectivity index (χ0v) is 8.46. The molecule has 0 aliphatic rings. The second-order valence-corrected chi connectivity index (χ2v) is 4.07. The predicted octanol–water partition coefficient (Wildman–Crippen LogP) is 2.21. The Kier molecular flexibility index (Phi) is 2.99. The summed E-state index contributed by atoms with van der Waals surface area (Å²) in [6.45, 7) is 9.85. The molecule has 1 atom stereocenters. The molecular formula is C8H18NS+. The summed E-state index contributed by atoms with van der Waals surface area (Å²) in [6.07, 6.45) is 0. The van der Waals surface area contributed by atoms with E-state index in [9.17, 15) is 0 Å². The molecule has 0 rings (SSSR count). The van der Waals surface area contributed by atoms with Crippen LogP contribution in [0.3, 0.4) is 0 Å². The van der Waals surface area contributed by atoms with Crippen LogP contribution in [0, 0.1) is 0 Å². The minimum atomic E-state index is 0.233. The fourth-order valence-corrected chi connectivity index (χ4v) is 1.17. The molecule has 10 heavy (non-hydrogen) atoms. The van der Waals surface area contributed by atoms with Crippen LogP contribution in [0.4, 0.5) is 0 Å². The summed E-state index contributed by atoms with van der Waals surface area (Å²) in [5, 5.41) is 0. The normalized spacial score (nSPS) is 18.1. The van der Waals surface area contributed by atoms with Crippen molar-refractivity contribution in [3.63, 3.8) is 0 Å². The SMILES string of the molecule is CC[N+](C)(C=S)C(C)(C)C. The van der Waals surface area contributed by atoms with Crippen LogP contribution >= 0.6 is 12.2 Å². The van der Waals surface area contributed by atoms with Crippen LogP contribution in [0.2, 0.25) is 0 Å². The molecule has 0 bridgehead atoms.